The third-order valence-electron chi connectivity index (χ3n) is 5.32. The summed E-state index contributed by atoms with van der Waals surface area (Å²) in [6, 6.07) is 1.98. The van der Waals surface area contributed by atoms with Crippen molar-refractivity contribution in [3.8, 4) is 0 Å². The Balaban J connectivity index is 1.81. The average molecular weight is 422 g/mol. The Labute approximate surface area is 160 Å². The third kappa shape index (κ3) is 3.28. The molecule has 0 bridgehead atoms. The number of pyridine rings is 1. The van der Waals surface area contributed by atoms with E-state index in [-0.39, 0.29) is 11.8 Å². The first-order chi connectivity index (χ1) is 12.5. The maximum Gasteiger partial charge on any atom is 0.334 e. The van der Waals surface area contributed by atoms with E-state index < -0.39 is 6.10 Å². The Morgan fingerprint density at radius 2 is 2.23 bits per heavy atom. The maximum absolute atomic E-state index is 13.3. The molecule has 26 heavy (non-hydrogen) atoms. The molecule has 0 aromatic carbocycles. The Kier molecular flexibility index (Phi) is 5.03. The van der Waals surface area contributed by atoms with Crippen molar-refractivity contribution >= 4 is 32.8 Å². The van der Waals surface area contributed by atoms with Crippen LogP contribution < -0.4 is 5.69 Å². The monoisotopic (exact) mass is 421 g/mol. The second kappa shape index (κ2) is 7.29. The summed E-state index contributed by atoms with van der Waals surface area (Å²) in [5.74, 6) is 0. The molecule has 1 aliphatic heterocycles. The minimum Gasteiger partial charge on any atom is -0.391 e. The van der Waals surface area contributed by atoms with Gasteiger partial charge in [0, 0.05) is 10.2 Å². The van der Waals surface area contributed by atoms with Crippen molar-refractivity contribution in [3.05, 3.63) is 32.8 Å². The van der Waals surface area contributed by atoms with Crippen molar-refractivity contribution in [2.24, 2.45) is 0 Å². The molecule has 0 radical (unpaired) electrons. The number of aliphatic hydroxyl groups excluding tert-OH is 1. The van der Waals surface area contributed by atoms with Gasteiger partial charge in [0.15, 0.2) is 5.65 Å². The van der Waals surface area contributed by atoms with Gasteiger partial charge in [-0.2, -0.15) is 0 Å². The highest BCUT2D eigenvalue weighted by atomic mass is 79.9. The Morgan fingerprint density at radius 1 is 1.38 bits per heavy atom. The molecule has 1 saturated heterocycles. The number of hydrogen-bond donors (Lipinski definition) is 1. The van der Waals surface area contributed by atoms with Crippen molar-refractivity contribution in [3.63, 3.8) is 0 Å². The Hall–Kier alpha value is -1.44. The van der Waals surface area contributed by atoms with Gasteiger partial charge in [-0.15, -0.1) is 0 Å². The van der Waals surface area contributed by atoms with Crippen molar-refractivity contribution < 1.29 is 9.84 Å². The lowest BCUT2D eigenvalue weighted by Gasteiger charge is -2.26. The van der Waals surface area contributed by atoms with E-state index in [2.05, 4.69) is 22.0 Å². The van der Waals surface area contributed by atoms with E-state index in [1.165, 1.54) is 6.42 Å². The largest absolute Gasteiger partial charge is 0.391 e. The predicted molar refractivity (Wildman–Crippen MR) is 104 cm³/mol. The first-order valence-corrected chi connectivity index (χ1v) is 10.1. The van der Waals surface area contributed by atoms with Crippen LogP contribution in [0.4, 0.5) is 0 Å². The van der Waals surface area contributed by atoms with Crippen LogP contribution in [-0.4, -0.2) is 38.0 Å². The summed E-state index contributed by atoms with van der Waals surface area (Å²) in [6.07, 6.45) is 7.37. The first kappa shape index (κ1) is 17.9. The standard InChI is InChI=1S/C19H24BrN3O3/c1-12-16(20)9-17-18(21-12)23(13-5-3-2-4-6-13)19(25)22(17)10-15-8-7-14(24)11-26-15/h5,9,14-15,24H,2-4,6-8,10-11H2,1H3/t14-,15-/m1/s1. The summed E-state index contributed by atoms with van der Waals surface area (Å²) in [5, 5.41) is 9.64. The van der Waals surface area contributed by atoms with Gasteiger partial charge >= 0.3 is 5.69 Å². The number of aromatic nitrogens is 3. The fourth-order valence-corrected chi connectivity index (χ4v) is 4.14. The van der Waals surface area contributed by atoms with E-state index >= 15 is 0 Å². The highest BCUT2D eigenvalue weighted by molar-refractivity contribution is 9.10. The molecule has 1 N–H and O–H groups in total. The first-order valence-electron chi connectivity index (χ1n) is 9.32. The summed E-state index contributed by atoms with van der Waals surface area (Å²) in [4.78, 5) is 18.0. The van der Waals surface area contributed by atoms with Gasteiger partial charge in [0.05, 0.1) is 36.6 Å². The van der Waals surface area contributed by atoms with Crippen LogP contribution in [0.3, 0.4) is 0 Å². The molecule has 140 valence electrons. The van der Waals surface area contributed by atoms with Gasteiger partial charge in [0.2, 0.25) is 0 Å². The lowest BCUT2D eigenvalue weighted by molar-refractivity contribution is -0.0609. The second-order valence-electron chi connectivity index (χ2n) is 7.25. The zero-order valence-corrected chi connectivity index (χ0v) is 16.5. The average Bonchev–Trinajstić information content (AvgIpc) is 2.89. The molecule has 0 unspecified atom stereocenters. The van der Waals surface area contributed by atoms with Crippen LogP contribution in [0.1, 0.15) is 44.2 Å². The van der Waals surface area contributed by atoms with Gasteiger partial charge in [-0.25, -0.2) is 14.3 Å². The highest BCUT2D eigenvalue weighted by Gasteiger charge is 2.25. The Bertz CT molecular complexity index is 907. The van der Waals surface area contributed by atoms with E-state index in [1.54, 1.807) is 9.13 Å². The number of nitrogens with zero attached hydrogens (tertiary/aromatic N) is 3. The molecule has 2 aromatic rings. The smallest absolute Gasteiger partial charge is 0.334 e. The zero-order chi connectivity index (χ0) is 18.3. The summed E-state index contributed by atoms with van der Waals surface area (Å²) in [7, 11) is 0. The molecular formula is C19H24BrN3O3. The van der Waals surface area contributed by atoms with Crippen LogP contribution in [0.15, 0.2) is 21.4 Å². The van der Waals surface area contributed by atoms with Crippen LogP contribution in [0.5, 0.6) is 0 Å². The topological polar surface area (TPSA) is 69.3 Å². The van der Waals surface area contributed by atoms with Crippen LogP contribution in [0.25, 0.3) is 16.9 Å². The predicted octanol–water partition coefficient (Wildman–Crippen LogP) is 3.22. The van der Waals surface area contributed by atoms with Gasteiger partial charge in [-0.1, -0.05) is 6.08 Å². The number of fused-ring (bicyclic) bond motifs is 1. The van der Waals surface area contributed by atoms with Crippen molar-refractivity contribution in [1.29, 1.82) is 0 Å². The molecule has 2 atom stereocenters. The minimum atomic E-state index is -0.393. The summed E-state index contributed by atoms with van der Waals surface area (Å²) >= 11 is 3.55. The highest BCUT2D eigenvalue weighted by Crippen LogP contribution is 2.27. The van der Waals surface area contributed by atoms with Crippen LogP contribution in [-0.2, 0) is 11.3 Å². The zero-order valence-electron chi connectivity index (χ0n) is 14.9. The van der Waals surface area contributed by atoms with Crippen molar-refractivity contribution in [2.45, 2.75) is 64.2 Å². The van der Waals surface area contributed by atoms with Gasteiger partial charge in [-0.3, -0.25) is 4.57 Å². The summed E-state index contributed by atoms with van der Waals surface area (Å²) < 4.78 is 10.2. The molecule has 0 spiro atoms. The molecule has 3 heterocycles. The van der Waals surface area contributed by atoms with E-state index in [0.29, 0.717) is 19.6 Å². The van der Waals surface area contributed by atoms with Crippen molar-refractivity contribution in [2.75, 3.05) is 6.61 Å². The number of imidazole rings is 1. The fraction of sp³-hybridized carbons (Fsp3) is 0.579. The number of ether oxygens (including phenoxy) is 1. The molecule has 2 aliphatic rings. The summed E-state index contributed by atoms with van der Waals surface area (Å²) in [5.41, 5.74) is 3.43. The molecule has 2 aromatic heterocycles. The van der Waals surface area contributed by atoms with E-state index in [1.807, 2.05) is 13.0 Å². The van der Waals surface area contributed by atoms with Gasteiger partial charge in [-0.05, 0) is 67.4 Å². The van der Waals surface area contributed by atoms with E-state index in [9.17, 15) is 9.90 Å². The summed E-state index contributed by atoms with van der Waals surface area (Å²) in [6.45, 7) is 2.76. The maximum atomic E-state index is 13.3. The van der Waals surface area contributed by atoms with Gasteiger partial charge in [0.25, 0.3) is 0 Å². The van der Waals surface area contributed by atoms with Gasteiger partial charge in [0.1, 0.15) is 0 Å². The number of halogens is 1. The number of aliphatic hydroxyl groups is 1. The number of rotatable bonds is 3. The lowest BCUT2D eigenvalue weighted by Crippen LogP contribution is -2.35. The molecule has 1 aliphatic carbocycles. The molecule has 6 nitrogen and oxygen atoms in total. The van der Waals surface area contributed by atoms with E-state index in [4.69, 9.17) is 9.72 Å². The Morgan fingerprint density at radius 3 is 2.92 bits per heavy atom. The molecular weight excluding hydrogens is 398 g/mol. The van der Waals surface area contributed by atoms with Crippen LogP contribution in [0, 0.1) is 6.92 Å². The van der Waals surface area contributed by atoms with Crippen molar-refractivity contribution in [1.82, 2.24) is 14.1 Å². The molecule has 0 saturated carbocycles. The molecule has 4 rings (SSSR count). The molecule has 7 heteroatoms. The quantitative estimate of drug-likeness (QED) is 0.825. The lowest BCUT2D eigenvalue weighted by atomic mass is 10.0. The van der Waals surface area contributed by atoms with Gasteiger partial charge < -0.3 is 9.84 Å². The number of allylic oxidation sites excluding steroid dienone is 2. The molecule has 1 fully saturated rings. The third-order valence-corrected chi connectivity index (χ3v) is 6.13. The number of hydrogen-bond acceptors (Lipinski definition) is 4. The van der Waals surface area contributed by atoms with E-state index in [0.717, 1.165) is 52.7 Å². The normalized spacial score (nSPS) is 24.0. The second-order valence-corrected chi connectivity index (χ2v) is 8.11. The SMILES string of the molecule is Cc1nc2c(cc1Br)n(C[C@H]1CC[C@@H](O)CO1)c(=O)n2C1=CCCCC1. The number of aryl methyl sites for hydroxylation is 1. The van der Waals surface area contributed by atoms with Crippen LogP contribution >= 0.6 is 15.9 Å². The minimum absolute atomic E-state index is 0.0483. The van der Waals surface area contributed by atoms with Crippen LogP contribution in [0.2, 0.25) is 0 Å². The molecule has 0 amide bonds. The fourth-order valence-electron chi connectivity index (χ4n) is 3.84.